The molecule has 0 aliphatic rings. The normalized spacial score (nSPS) is 12.4. The molecule has 0 aliphatic heterocycles. The van der Waals surface area contributed by atoms with Crippen molar-refractivity contribution in [2.24, 2.45) is 0 Å². The Balaban J connectivity index is 2.35. The highest BCUT2D eigenvalue weighted by Gasteiger charge is 2.09. The van der Waals surface area contributed by atoms with Crippen molar-refractivity contribution < 1.29 is 9.90 Å². The van der Waals surface area contributed by atoms with E-state index in [1.165, 1.54) is 11.0 Å². The van der Waals surface area contributed by atoms with Gasteiger partial charge in [0.1, 0.15) is 12.9 Å². The molecular formula is C7H13N5O2. The SMILES string of the molecule is CCC(CO)NC(=O)Cn1cnnn1. The van der Waals surface area contributed by atoms with Gasteiger partial charge < -0.3 is 10.4 Å². The van der Waals surface area contributed by atoms with E-state index in [4.69, 9.17) is 5.11 Å². The second-order valence-electron chi connectivity index (χ2n) is 2.86. The van der Waals surface area contributed by atoms with Crippen LogP contribution in [0.4, 0.5) is 0 Å². The summed E-state index contributed by atoms with van der Waals surface area (Å²) in [5, 5.41) is 21.8. The van der Waals surface area contributed by atoms with E-state index >= 15 is 0 Å². The first-order chi connectivity index (χ1) is 6.76. The van der Waals surface area contributed by atoms with E-state index in [9.17, 15) is 4.79 Å². The Kier molecular flexibility index (Phi) is 3.99. The molecule has 0 spiro atoms. The van der Waals surface area contributed by atoms with Gasteiger partial charge in [0.25, 0.3) is 0 Å². The fourth-order valence-electron chi connectivity index (χ4n) is 0.950. The van der Waals surface area contributed by atoms with Gasteiger partial charge in [0.2, 0.25) is 5.91 Å². The van der Waals surface area contributed by atoms with Gasteiger partial charge in [0.15, 0.2) is 0 Å². The molecule has 1 atom stereocenters. The lowest BCUT2D eigenvalue weighted by molar-refractivity contribution is -0.122. The maximum absolute atomic E-state index is 11.3. The number of hydrogen-bond donors (Lipinski definition) is 2. The number of nitrogens with zero attached hydrogens (tertiary/aromatic N) is 4. The van der Waals surface area contributed by atoms with Crippen LogP contribution in [0.25, 0.3) is 0 Å². The van der Waals surface area contributed by atoms with Crippen LogP contribution in [0.1, 0.15) is 13.3 Å². The Hall–Kier alpha value is -1.50. The monoisotopic (exact) mass is 199 g/mol. The van der Waals surface area contributed by atoms with E-state index < -0.39 is 0 Å². The Labute approximate surface area is 81.1 Å². The minimum atomic E-state index is -0.210. The zero-order valence-corrected chi connectivity index (χ0v) is 7.92. The van der Waals surface area contributed by atoms with E-state index in [0.29, 0.717) is 6.42 Å². The first-order valence-electron chi connectivity index (χ1n) is 4.37. The molecule has 78 valence electrons. The molecule has 0 fully saturated rings. The predicted octanol–water partition coefficient (Wildman–Crippen LogP) is -1.44. The molecule has 0 radical (unpaired) electrons. The highest BCUT2D eigenvalue weighted by molar-refractivity contribution is 5.75. The molecule has 0 bridgehead atoms. The van der Waals surface area contributed by atoms with Crippen LogP contribution >= 0.6 is 0 Å². The highest BCUT2D eigenvalue weighted by atomic mass is 16.3. The largest absolute Gasteiger partial charge is 0.394 e. The molecule has 1 rings (SSSR count). The summed E-state index contributed by atoms with van der Waals surface area (Å²) < 4.78 is 1.32. The number of rotatable bonds is 5. The van der Waals surface area contributed by atoms with Gasteiger partial charge in [-0.05, 0) is 16.8 Å². The van der Waals surface area contributed by atoms with Crippen LogP contribution in [-0.4, -0.2) is 43.9 Å². The van der Waals surface area contributed by atoms with E-state index in [1.54, 1.807) is 0 Å². The molecule has 0 aromatic carbocycles. The van der Waals surface area contributed by atoms with Crippen LogP contribution in [0.3, 0.4) is 0 Å². The van der Waals surface area contributed by atoms with Gasteiger partial charge >= 0.3 is 0 Å². The third-order valence-corrected chi connectivity index (χ3v) is 1.78. The van der Waals surface area contributed by atoms with Crippen molar-refractivity contribution in [3.8, 4) is 0 Å². The average Bonchev–Trinajstić information content (AvgIpc) is 2.66. The summed E-state index contributed by atoms with van der Waals surface area (Å²) in [7, 11) is 0. The first-order valence-corrected chi connectivity index (χ1v) is 4.37. The van der Waals surface area contributed by atoms with Gasteiger partial charge in [-0.1, -0.05) is 6.92 Å². The topological polar surface area (TPSA) is 92.9 Å². The molecular weight excluding hydrogens is 186 g/mol. The molecule has 1 heterocycles. The Bertz CT molecular complexity index is 270. The molecule has 0 saturated heterocycles. The van der Waals surface area contributed by atoms with Crippen molar-refractivity contribution in [3.05, 3.63) is 6.33 Å². The van der Waals surface area contributed by atoms with E-state index in [2.05, 4.69) is 20.8 Å². The van der Waals surface area contributed by atoms with Crippen molar-refractivity contribution in [2.75, 3.05) is 6.61 Å². The molecule has 14 heavy (non-hydrogen) atoms. The summed E-state index contributed by atoms with van der Waals surface area (Å²) in [6.07, 6.45) is 2.05. The van der Waals surface area contributed by atoms with Gasteiger partial charge in [-0.3, -0.25) is 4.79 Å². The fraction of sp³-hybridized carbons (Fsp3) is 0.714. The summed E-state index contributed by atoms with van der Waals surface area (Å²) in [4.78, 5) is 11.3. The van der Waals surface area contributed by atoms with Crippen molar-refractivity contribution in [1.82, 2.24) is 25.5 Å². The Morgan fingerprint density at radius 1 is 1.71 bits per heavy atom. The number of aliphatic hydroxyl groups excluding tert-OH is 1. The third-order valence-electron chi connectivity index (χ3n) is 1.78. The number of amides is 1. The highest BCUT2D eigenvalue weighted by Crippen LogP contribution is 1.89. The quantitative estimate of drug-likeness (QED) is 0.605. The van der Waals surface area contributed by atoms with Gasteiger partial charge in [0.05, 0.1) is 12.6 Å². The Morgan fingerprint density at radius 3 is 3.00 bits per heavy atom. The number of aromatic nitrogens is 4. The number of aliphatic hydroxyl groups is 1. The molecule has 0 aliphatic carbocycles. The zero-order chi connectivity index (χ0) is 10.4. The van der Waals surface area contributed by atoms with Crippen LogP contribution in [-0.2, 0) is 11.3 Å². The summed E-state index contributed by atoms with van der Waals surface area (Å²) in [6.45, 7) is 1.90. The van der Waals surface area contributed by atoms with Crippen LogP contribution in [0.15, 0.2) is 6.33 Å². The minimum Gasteiger partial charge on any atom is -0.394 e. The maximum Gasteiger partial charge on any atom is 0.242 e. The average molecular weight is 199 g/mol. The molecule has 1 aromatic rings. The van der Waals surface area contributed by atoms with Gasteiger partial charge in [-0.15, -0.1) is 5.10 Å². The predicted molar refractivity (Wildman–Crippen MR) is 47.1 cm³/mol. The second kappa shape index (κ2) is 5.28. The molecule has 1 aromatic heterocycles. The zero-order valence-electron chi connectivity index (χ0n) is 7.92. The van der Waals surface area contributed by atoms with Gasteiger partial charge in [0, 0.05) is 0 Å². The number of carbonyl (C=O) groups is 1. The summed E-state index contributed by atoms with van der Waals surface area (Å²) in [5.41, 5.74) is 0. The third kappa shape index (κ3) is 3.09. The second-order valence-corrected chi connectivity index (χ2v) is 2.86. The fourth-order valence-corrected chi connectivity index (χ4v) is 0.950. The first kappa shape index (κ1) is 10.6. The summed E-state index contributed by atoms with van der Waals surface area (Å²) >= 11 is 0. The number of carbonyl (C=O) groups excluding carboxylic acids is 1. The van der Waals surface area contributed by atoms with Crippen molar-refractivity contribution in [2.45, 2.75) is 25.9 Å². The maximum atomic E-state index is 11.3. The Morgan fingerprint density at radius 2 is 2.50 bits per heavy atom. The minimum absolute atomic E-state index is 0.0577. The van der Waals surface area contributed by atoms with Crippen molar-refractivity contribution >= 4 is 5.91 Å². The smallest absolute Gasteiger partial charge is 0.242 e. The summed E-state index contributed by atoms with van der Waals surface area (Å²) in [6, 6.07) is -0.195. The van der Waals surface area contributed by atoms with Crippen LogP contribution in [0.5, 0.6) is 0 Å². The number of nitrogens with one attached hydrogen (secondary N) is 1. The van der Waals surface area contributed by atoms with Crippen LogP contribution < -0.4 is 5.32 Å². The lowest BCUT2D eigenvalue weighted by Crippen LogP contribution is -2.38. The van der Waals surface area contributed by atoms with Crippen LogP contribution in [0, 0.1) is 0 Å². The van der Waals surface area contributed by atoms with Crippen molar-refractivity contribution in [3.63, 3.8) is 0 Å². The summed E-state index contributed by atoms with van der Waals surface area (Å²) in [5.74, 6) is -0.210. The van der Waals surface area contributed by atoms with E-state index in [1.807, 2.05) is 6.92 Å². The molecule has 1 amide bonds. The molecule has 7 heteroatoms. The molecule has 7 nitrogen and oxygen atoms in total. The lowest BCUT2D eigenvalue weighted by atomic mass is 10.2. The lowest BCUT2D eigenvalue weighted by Gasteiger charge is -2.13. The van der Waals surface area contributed by atoms with Gasteiger partial charge in [-0.25, -0.2) is 4.68 Å². The molecule has 1 unspecified atom stereocenters. The standard InChI is InChI=1S/C7H13N5O2/c1-2-6(4-13)9-7(14)3-12-5-8-10-11-12/h5-6,13H,2-4H2,1H3,(H,9,14). The molecule has 0 saturated carbocycles. The van der Waals surface area contributed by atoms with Crippen molar-refractivity contribution in [1.29, 1.82) is 0 Å². The van der Waals surface area contributed by atoms with Gasteiger partial charge in [-0.2, -0.15) is 0 Å². The van der Waals surface area contributed by atoms with E-state index in [0.717, 1.165) is 0 Å². The number of hydrogen-bond acceptors (Lipinski definition) is 5. The molecule has 2 N–H and O–H groups in total. The number of tetrazole rings is 1. The van der Waals surface area contributed by atoms with E-state index in [-0.39, 0.29) is 25.1 Å². The van der Waals surface area contributed by atoms with Crippen LogP contribution in [0.2, 0.25) is 0 Å².